The quantitative estimate of drug-likeness (QED) is 0.750. The molecule has 0 aliphatic heterocycles. The van der Waals surface area contributed by atoms with Crippen LogP contribution in [0.1, 0.15) is 32.3 Å². The van der Waals surface area contributed by atoms with Gasteiger partial charge in [-0.25, -0.2) is 0 Å². The van der Waals surface area contributed by atoms with Crippen molar-refractivity contribution in [1.82, 2.24) is 0 Å². The number of methoxy groups -OCH3 is 2. The van der Waals surface area contributed by atoms with E-state index in [1.807, 2.05) is 38.1 Å². The summed E-state index contributed by atoms with van der Waals surface area (Å²) in [6.45, 7) is 4.04. The first-order valence-electron chi connectivity index (χ1n) is 8.30. The summed E-state index contributed by atoms with van der Waals surface area (Å²) in [5.74, 6) is 1.15. The normalized spacial score (nSPS) is 11.1. The summed E-state index contributed by atoms with van der Waals surface area (Å²) < 4.78 is 10.5. The Hall–Kier alpha value is -2.20. The summed E-state index contributed by atoms with van der Waals surface area (Å²) in [7, 11) is 3.15. The number of hydrogen-bond acceptors (Lipinski definition) is 3. The Bertz CT molecular complexity index is 724. The molecule has 0 saturated heterocycles. The number of carbonyl (C=O) groups excluding carboxylic acids is 1. The van der Waals surface area contributed by atoms with E-state index in [2.05, 4.69) is 5.32 Å². The van der Waals surface area contributed by atoms with Gasteiger partial charge in [-0.1, -0.05) is 37.6 Å². The second-order valence-electron chi connectivity index (χ2n) is 5.82. The fraction of sp³-hybridized carbons (Fsp3) is 0.350. The Labute approximate surface area is 154 Å². The number of halogens is 1. The van der Waals surface area contributed by atoms with Crippen LogP contribution < -0.4 is 14.8 Å². The van der Waals surface area contributed by atoms with Gasteiger partial charge in [0.25, 0.3) is 0 Å². The highest BCUT2D eigenvalue weighted by atomic mass is 35.5. The molecule has 0 aromatic heterocycles. The molecule has 25 heavy (non-hydrogen) atoms. The number of nitrogens with one attached hydrogen (secondary N) is 1. The molecule has 2 aromatic rings. The van der Waals surface area contributed by atoms with E-state index in [1.165, 1.54) is 0 Å². The molecule has 0 heterocycles. The van der Waals surface area contributed by atoms with Crippen molar-refractivity contribution in [3.8, 4) is 11.5 Å². The van der Waals surface area contributed by atoms with Crippen LogP contribution >= 0.6 is 11.6 Å². The smallest absolute Gasteiger partial charge is 0.235 e. The van der Waals surface area contributed by atoms with E-state index in [4.69, 9.17) is 21.1 Å². The summed E-state index contributed by atoms with van der Waals surface area (Å²) in [6.07, 6.45) is 1.37. The van der Waals surface area contributed by atoms with Gasteiger partial charge in [0.1, 0.15) is 0 Å². The molecule has 2 rings (SSSR count). The number of anilines is 1. The van der Waals surface area contributed by atoms with Crippen molar-refractivity contribution in [2.75, 3.05) is 19.5 Å². The molecule has 0 aliphatic carbocycles. The third kappa shape index (κ3) is 3.90. The first-order valence-corrected chi connectivity index (χ1v) is 8.68. The van der Waals surface area contributed by atoms with Gasteiger partial charge in [-0.05, 0) is 42.7 Å². The number of rotatable bonds is 7. The maximum atomic E-state index is 13.1. The second-order valence-corrected chi connectivity index (χ2v) is 6.26. The molecule has 0 fully saturated rings. The van der Waals surface area contributed by atoms with Crippen LogP contribution in [-0.4, -0.2) is 20.1 Å². The molecule has 0 bridgehead atoms. The zero-order chi connectivity index (χ0) is 18.4. The van der Waals surface area contributed by atoms with Crippen molar-refractivity contribution < 1.29 is 14.3 Å². The number of benzene rings is 2. The van der Waals surface area contributed by atoms with Crippen LogP contribution in [0.3, 0.4) is 0 Å². The van der Waals surface area contributed by atoms with Crippen molar-refractivity contribution in [3.05, 3.63) is 53.1 Å². The third-order valence-electron chi connectivity index (χ3n) is 4.68. The Morgan fingerprint density at radius 3 is 2.12 bits per heavy atom. The summed E-state index contributed by atoms with van der Waals surface area (Å²) in [6, 6.07) is 12.8. The Kier molecular flexibility index (Phi) is 6.32. The van der Waals surface area contributed by atoms with Crippen LogP contribution in [0.2, 0.25) is 5.02 Å². The standard InChI is InChI=1S/C20H24ClNO3/c1-5-20(6-2,14-7-9-15(21)10-8-14)19(23)22-16-11-12-17(24-3)18(13-16)25-4/h7-13H,5-6H2,1-4H3,(H,22,23). The van der Waals surface area contributed by atoms with E-state index in [0.717, 1.165) is 5.56 Å². The molecule has 2 aromatic carbocycles. The van der Waals surface area contributed by atoms with E-state index in [9.17, 15) is 4.79 Å². The fourth-order valence-corrected chi connectivity index (χ4v) is 3.17. The first kappa shape index (κ1) is 19.1. The van der Waals surface area contributed by atoms with Gasteiger partial charge < -0.3 is 14.8 Å². The number of hydrogen-bond donors (Lipinski definition) is 1. The van der Waals surface area contributed by atoms with Gasteiger partial charge >= 0.3 is 0 Å². The minimum Gasteiger partial charge on any atom is -0.493 e. The number of carbonyl (C=O) groups is 1. The molecular formula is C20H24ClNO3. The SMILES string of the molecule is CCC(CC)(C(=O)Nc1ccc(OC)c(OC)c1)c1ccc(Cl)cc1. The Morgan fingerprint density at radius 2 is 1.60 bits per heavy atom. The average Bonchev–Trinajstić information content (AvgIpc) is 2.64. The van der Waals surface area contributed by atoms with Crippen LogP contribution in [0, 0.1) is 0 Å². The predicted octanol–water partition coefficient (Wildman–Crippen LogP) is 5.05. The summed E-state index contributed by atoms with van der Waals surface area (Å²) in [4.78, 5) is 13.1. The maximum absolute atomic E-state index is 13.1. The van der Waals surface area contributed by atoms with Crippen molar-refractivity contribution >= 4 is 23.2 Å². The zero-order valence-electron chi connectivity index (χ0n) is 15.1. The van der Waals surface area contributed by atoms with Crippen LogP contribution in [0.4, 0.5) is 5.69 Å². The molecule has 4 nitrogen and oxygen atoms in total. The highest BCUT2D eigenvalue weighted by molar-refractivity contribution is 6.30. The van der Waals surface area contributed by atoms with Gasteiger partial charge in [0.2, 0.25) is 5.91 Å². The van der Waals surface area contributed by atoms with E-state index < -0.39 is 5.41 Å². The molecule has 0 saturated carbocycles. The van der Waals surface area contributed by atoms with Crippen LogP contribution in [-0.2, 0) is 10.2 Å². The van der Waals surface area contributed by atoms with Crippen molar-refractivity contribution in [1.29, 1.82) is 0 Å². The van der Waals surface area contributed by atoms with E-state index in [0.29, 0.717) is 35.1 Å². The molecule has 0 atom stereocenters. The molecule has 0 aliphatic rings. The van der Waals surface area contributed by atoms with Crippen LogP contribution in [0.15, 0.2) is 42.5 Å². The molecule has 5 heteroatoms. The molecule has 0 unspecified atom stereocenters. The number of amides is 1. The van der Waals surface area contributed by atoms with E-state index in [-0.39, 0.29) is 5.91 Å². The lowest BCUT2D eigenvalue weighted by atomic mass is 9.75. The van der Waals surface area contributed by atoms with Crippen LogP contribution in [0.25, 0.3) is 0 Å². The lowest BCUT2D eigenvalue weighted by Gasteiger charge is -2.31. The maximum Gasteiger partial charge on any atom is 0.235 e. The molecule has 0 radical (unpaired) electrons. The summed E-state index contributed by atoms with van der Waals surface area (Å²) in [5, 5.41) is 3.67. The molecule has 1 amide bonds. The molecule has 0 spiro atoms. The zero-order valence-corrected chi connectivity index (χ0v) is 15.8. The lowest BCUT2D eigenvalue weighted by molar-refractivity contribution is -0.121. The monoisotopic (exact) mass is 361 g/mol. The highest BCUT2D eigenvalue weighted by Gasteiger charge is 2.36. The van der Waals surface area contributed by atoms with Crippen LogP contribution in [0.5, 0.6) is 11.5 Å². The van der Waals surface area contributed by atoms with Gasteiger partial charge in [0.05, 0.1) is 19.6 Å². The summed E-state index contributed by atoms with van der Waals surface area (Å²) >= 11 is 5.99. The largest absolute Gasteiger partial charge is 0.493 e. The van der Waals surface area contributed by atoms with Gasteiger partial charge in [-0.2, -0.15) is 0 Å². The van der Waals surface area contributed by atoms with Gasteiger partial charge in [-0.15, -0.1) is 0 Å². The molecular weight excluding hydrogens is 338 g/mol. The fourth-order valence-electron chi connectivity index (χ4n) is 3.04. The van der Waals surface area contributed by atoms with Crippen molar-refractivity contribution in [2.24, 2.45) is 0 Å². The van der Waals surface area contributed by atoms with Gasteiger partial charge in [-0.3, -0.25) is 4.79 Å². The second kappa shape index (κ2) is 8.26. The lowest BCUT2D eigenvalue weighted by Crippen LogP contribution is -2.39. The minimum atomic E-state index is -0.613. The molecule has 134 valence electrons. The van der Waals surface area contributed by atoms with Crippen molar-refractivity contribution in [2.45, 2.75) is 32.1 Å². The first-order chi connectivity index (χ1) is 12.0. The minimum absolute atomic E-state index is 0.0490. The predicted molar refractivity (Wildman–Crippen MR) is 102 cm³/mol. The van der Waals surface area contributed by atoms with Crippen molar-refractivity contribution in [3.63, 3.8) is 0 Å². The highest BCUT2D eigenvalue weighted by Crippen LogP contribution is 2.35. The molecule has 1 N–H and O–H groups in total. The Morgan fingerprint density at radius 1 is 1.00 bits per heavy atom. The average molecular weight is 362 g/mol. The summed E-state index contributed by atoms with van der Waals surface area (Å²) in [5.41, 5.74) is 1.01. The topological polar surface area (TPSA) is 47.6 Å². The van der Waals surface area contributed by atoms with E-state index >= 15 is 0 Å². The van der Waals surface area contributed by atoms with Gasteiger partial charge in [0, 0.05) is 16.8 Å². The third-order valence-corrected chi connectivity index (χ3v) is 4.93. The van der Waals surface area contributed by atoms with E-state index in [1.54, 1.807) is 32.4 Å². The Balaban J connectivity index is 2.34. The van der Waals surface area contributed by atoms with Gasteiger partial charge in [0.15, 0.2) is 11.5 Å². The number of ether oxygens (including phenoxy) is 2.